The van der Waals surface area contributed by atoms with Gasteiger partial charge >= 0.3 is 0 Å². The first-order valence-corrected chi connectivity index (χ1v) is 7.37. The lowest BCUT2D eigenvalue weighted by Gasteiger charge is -2.10. The number of sulfonamides is 1. The minimum absolute atomic E-state index is 0.0421. The summed E-state index contributed by atoms with van der Waals surface area (Å²) in [7, 11) is -3.31. The summed E-state index contributed by atoms with van der Waals surface area (Å²) in [4.78, 5) is 0. The third-order valence-electron chi connectivity index (χ3n) is 2.92. The van der Waals surface area contributed by atoms with Gasteiger partial charge in [-0.25, -0.2) is 13.1 Å². The molecule has 0 saturated heterocycles. The van der Waals surface area contributed by atoms with Crippen LogP contribution in [0.15, 0.2) is 35.7 Å². The second-order valence-electron chi connectivity index (χ2n) is 4.50. The fourth-order valence-electron chi connectivity index (χ4n) is 1.72. The summed E-state index contributed by atoms with van der Waals surface area (Å²) in [5, 5.41) is 1.24. The van der Waals surface area contributed by atoms with Crippen LogP contribution in [0.1, 0.15) is 25.3 Å². The molecule has 1 aliphatic carbocycles. The van der Waals surface area contributed by atoms with Gasteiger partial charge in [0, 0.05) is 11.4 Å². The highest BCUT2D eigenvalue weighted by atomic mass is 32.2. The minimum Gasteiger partial charge on any atom is -0.209 e. The first kappa shape index (κ1) is 12.3. The van der Waals surface area contributed by atoms with E-state index >= 15 is 0 Å². The zero-order valence-corrected chi connectivity index (χ0v) is 10.7. The number of nitrogens with one attached hydrogen (secondary N) is 1. The quantitative estimate of drug-likeness (QED) is 0.873. The predicted octanol–water partition coefficient (Wildman–Crippen LogP) is 2.38. The van der Waals surface area contributed by atoms with E-state index in [1.54, 1.807) is 6.08 Å². The molecule has 1 fully saturated rings. The maximum atomic E-state index is 11.7. The van der Waals surface area contributed by atoms with Crippen molar-refractivity contribution in [1.82, 2.24) is 4.72 Å². The molecule has 1 unspecified atom stereocenters. The van der Waals surface area contributed by atoms with Crippen molar-refractivity contribution in [3.63, 3.8) is 0 Å². The Kier molecular flexibility index (Phi) is 3.64. The van der Waals surface area contributed by atoms with Crippen molar-refractivity contribution in [1.29, 1.82) is 0 Å². The van der Waals surface area contributed by atoms with Gasteiger partial charge in [0.1, 0.15) is 0 Å². The van der Waals surface area contributed by atoms with Crippen molar-refractivity contribution >= 4 is 16.1 Å². The Bertz CT molecular complexity index is 489. The number of hydrogen-bond donors (Lipinski definition) is 1. The highest BCUT2D eigenvalue weighted by Crippen LogP contribution is 2.32. The topological polar surface area (TPSA) is 46.2 Å². The molecule has 17 heavy (non-hydrogen) atoms. The summed E-state index contributed by atoms with van der Waals surface area (Å²) in [5.74, 6) is 0.523. The second-order valence-corrected chi connectivity index (χ2v) is 6.10. The van der Waals surface area contributed by atoms with Crippen LogP contribution in [0, 0.1) is 5.92 Å². The Hall–Kier alpha value is -1.13. The van der Waals surface area contributed by atoms with Crippen molar-refractivity contribution in [2.24, 2.45) is 5.92 Å². The normalized spacial score (nSPS) is 18.4. The van der Waals surface area contributed by atoms with E-state index in [4.69, 9.17) is 0 Å². The summed E-state index contributed by atoms with van der Waals surface area (Å²) >= 11 is 0. The van der Waals surface area contributed by atoms with Gasteiger partial charge in [0.05, 0.1) is 0 Å². The van der Waals surface area contributed by atoms with Crippen LogP contribution in [-0.2, 0) is 10.0 Å². The monoisotopic (exact) mass is 251 g/mol. The molecule has 0 aromatic heterocycles. The summed E-state index contributed by atoms with van der Waals surface area (Å²) in [6.07, 6.45) is 3.88. The molecule has 0 radical (unpaired) electrons. The Balaban J connectivity index is 1.99. The van der Waals surface area contributed by atoms with Crippen molar-refractivity contribution in [2.75, 3.05) is 0 Å². The lowest BCUT2D eigenvalue weighted by molar-refractivity contribution is 0.545. The van der Waals surface area contributed by atoms with E-state index < -0.39 is 10.0 Å². The smallest absolute Gasteiger partial charge is 0.209 e. The van der Waals surface area contributed by atoms with Gasteiger partial charge in [-0.15, -0.1) is 0 Å². The van der Waals surface area contributed by atoms with Gasteiger partial charge in [-0.05, 0) is 37.3 Å². The van der Waals surface area contributed by atoms with Gasteiger partial charge in [-0.3, -0.25) is 0 Å². The molecule has 0 heterocycles. The van der Waals surface area contributed by atoms with Crippen LogP contribution in [-0.4, -0.2) is 14.5 Å². The molecule has 4 heteroatoms. The van der Waals surface area contributed by atoms with Crippen molar-refractivity contribution in [2.45, 2.75) is 25.8 Å². The van der Waals surface area contributed by atoms with E-state index in [0.29, 0.717) is 5.92 Å². The highest BCUT2D eigenvalue weighted by molar-refractivity contribution is 7.92. The first-order chi connectivity index (χ1) is 8.07. The molecule has 3 nitrogen and oxygen atoms in total. The molecule has 1 aromatic rings. The standard InChI is InChI=1S/C13H17NO2S/c1-11(13-7-8-13)14-17(15,16)10-9-12-5-3-2-4-6-12/h2-6,9-11,13-14H,7-8H2,1H3/b10-9+. The zero-order chi connectivity index (χ0) is 12.3. The molecule has 92 valence electrons. The first-order valence-electron chi connectivity index (χ1n) is 5.82. The van der Waals surface area contributed by atoms with Gasteiger partial charge in [0.15, 0.2) is 0 Å². The summed E-state index contributed by atoms with van der Waals surface area (Å²) in [5.41, 5.74) is 0.886. The van der Waals surface area contributed by atoms with Crippen LogP contribution in [0.3, 0.4) is 0 Å². The second kappa shape index (κ2) is 5.02. The molecule has 2 rings (SSSR count). The van der Waals surface area contributed by atoms with Crippen LogP contribution in [0.5, 0.6) is 0 Å². The molecular weight excluding hydrogens is 234 g/mol. The molecule has 1 saturated carbocycles. The van der Waals surface area contributed by atoms with Gasteiger partial charge in [0.2, 0.25) is 10.0 Å². The fourth-order valence-corrected chi connectivity index (χ4v) is 2.85. The van der Waals surface area contributed by atoms with Crippen LogP contribution in [0.25, 0.3) is 6.08 Å². The van der Waals surface area contributed by atoms with Crippen LogP contribution in [0.4, 0.5) is 0 Å². The van der Waals surface area contributed by atoms with Gasteiger partial charge in [-0.2, -0.15) is 0 Å². The molecule has 0 amide bonds. The zero-order valence-electron chi connectivity index (χ0n) is 9.84. The molecule has 0 bridgehead atoms. The highest BCUT2D eigenvalue weighted by Gasteiger charge is 2.29. The number of benzene rings is 1. The van der Waals surface area contributed by atoms with E-state index in [9.17, 15) is 8.42 Å². The number of hydrogen-bond acceptors (Lipinski definition) is 2. The maximum absolute atomic E-state index is 11.7. The van der Waals surface area contributed by atoms with E-state index in [-0.39, 0.29) is 6.04 Å². The summed E-state index contributed by atoms with van der Waals surface area (Å²) in [6, 6.07) is 9.45. The Labute approximate surface area is 103 Å². The van der Waals surface area contributed by atoms with Crippen LogP contribution >= 0.6 is 0 Å². The molecule has 0 spiro atoms. The van der Waals surface area contributed by atoms with Crippen molar-refractivity contribution in [3.8, 4) is 0 Å². The third kappa shape index (κ3) is 3.98. The summed E-state index contributed by atoms with van der Waals surface area (Å²) < 4.78 is 26.2. The fraction of sp³-hybridized carbons (Fsp3) is 0.385. The minimum atomic E-state index is -3.31. The van der Waals surface area contributed by atoms with Crippen LogP contribution < -0.4 is 4.72 Å². The number of rotatable bonds is 5. The van der Waals surface area contributed by atoms with Crippen molar-refractivity contribution in [3.05, 3.63) is 41.3 Å². The molecule has 1 aromatic carbocycles. The SMILES string of the molecule is CC(NS(=O)(=O)/C=C/c1ccccc1)C1CC1. The molecule has 1 atom stereocenters. The van der Waals surface area contributed by atoms with Gasteiger partial charge in [-0.1, -0.05) is 30.3 Å². The largest absolute Gasteiger partial charge is 0.233 e. The molecular formula is C13H17NO2S. The molecule has 1 N–H and O–H groups in total. The Morgan fingerprint density at radius 2 is 1.94 bits per heavy atom. The van der Waals surface area contributed by atoms with Crippen LogP contribution in [0.2, 0.25) is 0 Å². The third-order valence-corrected chi connectivity index (χ3v) is 4.11. The van der Waals surface area contributed by atoms with Gasteiger partial charge < -0.3 is 0 Å². The Morgan fingerprint density at radius 3 is 2.53 bits per heavy atom. The Morgan fingerprint density at radius 1 is 1.29 bits per heavy atom. The lowest BCUT2D eigenvalue weighted by atomic mass is 10.2. The summed E-state index contributed by atoms with van der Waals surface area (Å²) in [6.45, 7) is 1.92. The maximum Gasteiger partial charge on any atom is 0.233 e. The molecule has 1 aliphatic rings. The average molecular weight is 251 g/mol. The lowest BCUT2D eigenvalue weighted by Crippen LogP contribution is -2.32. The van der Waals surface area contributed by atoms with E-state index in [2.05, 4.69) is 4.72 Å². The predicted molar refractivity (Wildman–Crippen MR) is 69.7 cm³/mol. The van der Waals surface area contributed by atoms with Crippen molar-refractivity contribution < 1.29 is 8.42 Å². The van der Waals surface area contributed by atoms with Gasteiger partial charge in [0.25, 0.3) is 0 Å². The average Bonchev–Trinajstić information content (AvgIpc) is 3.11. The van der Waals surface area contributed by atoms with E-state index in [1.807, 2.05) is 37.3 Å². The van der Waals surface area contributed by atoms with E-state index in [0.717, 1.165) is 18.4 Å². The molecule has 0 aliphatic heterocycles. The van der Waals surface area contributed by atoms with E-state index in [1.165, 1.54) is 5.41 Å².